The minimum Gasteiger partial charge on any atom is -0.480 e. The third kappa shape index (κ3) is 3.83. The molecule has 1 fully saturated rings. The maximum Gasteiger partial charge on any atom is 0.329 e. The highest BCUT2D eigenvalue weighted by molar-refractivity contribution is 5.85. The SMILES string of the molecule is CCN1CCCC(NC(=O)N(C)C(C)(C)C(=O)O)C1. The van der Waals surface area contributed by atoms with E-state index in [0.29, 0.717) is 0 Å². The first-order chi connectivity index (χ1) is 8.78. The Morgan fingerprint density at radius 3 is 2.63 bits per heavy atom. The van der Waals surface area contributed by atoms with E-state index < -0.39 is 11.5 Å². The lowest BCUT2D eigenvalue weighted by molar-refractivity contribution is -0.146. The van der Waals surface area contributed by atoms with Crippen LogP contribution in [-0.4, -0.2) is 65.2 Å². The number of carboxylic acids is 1. The zero-order valence-electron chi connectivity index (χ0n) is 12.3. The van der Waals surface area contributed by atoms with E-state index in [1.807, 2.05) is 0 Å². The molecule has 6 heteroatoms. The number of piperidine rings is 1. The van der Waals surface area contributed by atoms with Gasteiger partial charge in [-0.3, -0.25) is 0 Å². The zero-order valence-corrected chi connectivity index (χ0v) is 12.3. The van der Waals surface area contributed by atoms with E-state index >= 15 is 0 Å². The molecule has 0 bridgehead atoms. The van der Waals surface area contributed by atoms with Gasteiger partial charge in [-0.05, 0) is 39.8 Å². The predicted molar refractivity (Wildman–Crippen MR) is 73.1 cm³/mol. The summed E-state index contributed by atoms with van der Waals surface area (Å²) in [4.78, 5) is 26.8. The minimum atomic E-state index is -1.21. The molecular weight excluding hydrogens is 246 g/mol. The lowest BCUT2D eigenvalue weighted by atomic mass is 10.0. The largest absolute Gasteiger partial charge is 0.480 e. The highest BCUT2D eigenvalue weighted by Gasteiger charge is 2.36. The third-order valence-corrected chi connectivity index (χ3v) is 3.95. The summed E-state index contributed by atoms with van der Waals surface area (Å²) in [5.74, 6) is -1.01. The van der Waals surface area contributed by atoms with E-state index in [1.165, 1.54) is 25.8 Å². The van der Waals surface area contributed by atoms with Crippen LogP contribution < -0.4 is 5.32 Å². The molecule has 0 aromatic rings. The van der Waals surface area contributed by atoms with E-state index in [2.05, 4.69) is 17.1 Å². The summed E-state index contributed by atoms with van der Waals surface area (Å²) in [6, 6.07) is -0.219. The van der Waals surface area contributed by atoms with Crippen LogP contribution in [0.1, 0.15) is 33.6 Å². The van der Waals surface area contributed by atoms with Crippen LogP contribution in [0.4, 0.5) is 4.79 Å². The van der Waals surface area contributed by atoms with Gasteiger partial charge in [0, 0.05) is 19.6 Å². The molecule has 1 heterocycles. The first kappa shape index (κ1) is 15.8. The molecule has 1 aliphatic rings. The Morgan fingerprint density at radius 1 is 1.47 bits per heavy atom. The minimum absolute atomic E-state index is 0.105. The molecule has 0 aromatic carbocycles. The number of carboxylic acid groups (broad SMARTS) is 1. The van der Waals surface area contributed by atoms with Crippen molar-refractivity contribution in [3.05, 3.63) is 0 Å². The van der Waals surface area contributed by atoms with Crippen LogP contribution in [0.15, 0.2) is 0 Å². The number of likely N-dealkylation sites (tertiary alicyclic amines) is 1. The molecule has 6 nitrogen and oxygen atoms in total. The first-order valence-electron chi connectivity index (χ1n) is 6.79. The van der Waals surface area contributed by atoms with Gasteiger partial charge in [0.05, 0.1) is 0 Å². The van der Waals surface area contributed by atoms with Crippen LogP contribution >= 0.6 is 0 Å². The molecule has 1 aliphatic heterocycles. The van der Waals surface area contributed by atoms with E-state index in [4.69, 9.17) is 5.11 Å². The van der Waals surface area contributed by atoms with Gasteiger partial charge < -0.3 is 20.2 Å². The van der Waals surface area contributed by atoms with Gasteiger partial charge in [-0.15, -0.1) is 0 Å². The molecule has 1 atom stereocenters. The topological polar surface area (TPSA) is 72.9 Å². The van der Waals surface area contributed by atoms with Gasteiger partial charge in [0.2, 0.25) is 0 Å². The van der Waals surface area contributed by atoms with Crippen LogP contribution in [-0.2, 0) is 4.79 Å². The number of rotatable bonds is 4. The molecular formula is C13H25N3O3. The second-order valence-corrected chi connectivity index (χ2v) is 5.61. The van der Waals surface area contributed by atoms with Gasteiger partial charge in [-0.25, -0.2) is 9.59 Å². The summed E-state index contributed by atoms with van der Waals surface area (Å²) in [6.07, 6.45) is 2.01. The number of urea groups is 1. The average molecular weight is 271 g/mol. The standard InChI is InChI=1S/C13H25N3O3/c1-5-16-8-6-7-10(9-16)14-12(19)15(4)13(2,3)11(17)18/h10H,5-9H2,1-4H3,(H,14,19)(H,17,18). The Labute approximate surface area is 114 Å². The lowest BCUT2D eigenvalue weighted by Gasteiger charge is -2.36. The van der Waals surface area contributed by atoms with E-state index in [0.717, 1.165) is 32.5 Å². The van der Waals surface area contributed by atoms with Crippen LogP contribution in [0, 0.1) is 0 Å². The van der Waals surface area contributed by atoms with Crippen molar-refractivity contribution in [2.45, 2.75) is 45.2 Å². The van der Waals surface area contributed by atoms with Crippen LogP contribution in [0.3, 0.4) is 0 Å². The number of carbonyl (C=O) groups excluding carboxylic acids is 1. The van der Waals surface area contributed by atoms with Crippen molar-refractivity contribution in [2.24, 2.45) is 0 Å². The molecule has 1 rings (SSSR count). The number of likely N-dealkylation sites (N-methyl/N-ethyl adjacent to an activating group) is 2. The molecule has 110 valence electrons. The summed E-state index contributed by atoms with van der Waals surface area (Å²) >= 11 is 0. The third-order valence-electron chi connectivity index (χ3n) is 3.95. The Bertz CT molecular complexity index is 344. The molecule has 0 aromatic heterocycles. The Morgan fingerprint density at radius 2 is 2.11 bits per heavy atom. The van der Waals surface area contributed by atoms with Crippen molar-refractivity contribution in [1.82, 2.24) is 15.1 Å². The molecule has 0 spiro atoms. The second-order valence-electron chi connectivity index (χ2n) is 5.61. The maximum atomic E-state index is 12.1. The molecule has 1 saturated heterocycles. The number of hydrogen-bond acceptors (Lipinski definition) is 3. The van der Waals surface area contributed by atoms with E-state index in [1.54, 1.807) is 0 Å². The van der Waals surface area contributed by atoms with Gasteiger partial charge in [-0.2, -0.15) is 0 Å². The fourth-order valence-electron chi connectivity index (χ4n) is 2.13. The second kappa shape index (κ2) is 6.23. The molecule has 19 heavy (non-hydrogen) atoms. The molecule has 2 N–H and O–H groups in total. The Kier molecular flexibility index (Phi) is 5.17. The Balaban J connectivity index is 2.57. The number of carbonyl (C=O) groups is 2. The summed E-state index contributed by atoms with van der Waals surface area (Å²) < 4.78 is 0. The van der Waals surface area contributed by atoms with Gasteiger partial charge >= 0.3 is 12.0 Å². The molecule has 0 saturated carbocycles. The molecule has 0 aliphatic carbocycles. The van der Waals surface area contributed by atoms with Crippen molar-refractivity contribution in [1.29, 1.82) is 0 Å². The summed E-state index contributed by atoms with van der Waals surface area (Å²) in [7, 11) is 1.52. The van der Waals surface area contributed by atoms with E-state index in [-0.39, 0.29) is 12.1 Å². The number of hydrogen-bond donors (Lipinski definition) is 2. The fourth-order valence-corrected chi connectivity index (χ4v) is 2.13. The van der Waals surface area contributed by atoms with Crippen LogP contribution in [0.5, 0.6) is 0 Å². The van der Waals surface area contributed by atoms with Crippen molar-refractivity contribution in [2.75, 3.05) is 26.7 Å². The summed E-state index contributed by atoms with van der Waals surface area (Å²) in [5.41, 5.74) is -1.21. The van der Waals surface area contributed by atoms with Gasteiger partial charge in [0.15, 0.2) is 0 Å². The van der Waals surface area contributed by atoms with Gasteiger partial charge in [-0.1, -0.05) is 6.92 Å². The predicted octanol–water partition coefficient (Wildman–Crippen LogP) is 0.975. The quantitative estimate of drug-likeness (QED) is 0.799. The first-order valence-corrected chi connectivity index (χ1v) is 6.79. The van der Waals surface area contributed by atoms with Crippen molar-refractivity contribution in [3.8, 4) is 0 Å². The number of nitrogens with zero attached hydrogens (tertiary/aromatic N) is 2. The average Bonchev–Trinajstić information content (AvgIpc) is 2.37. The monoisotopic (exact) mass is 271 g/mol. The molecule has 1 unspecified atom stereocenters. The van der Waals surface area contributed by atoms with Crippen LogP contribution in [0.2, 0.25) is 0 Å². The summed E-state index contributed by atoms with van der Waals surface area (Å²) in [5, 5.41) is 12.0. The number of nitrogens with one attached hydrogen (secondary N) is 1. The van der Waals surface area contributed by atoms with Gasteiger partial charge in [0.25, 0.3) is 0 Å². The normalized spacial score (nSPS) is 20.9. The Hall–Kier alpha value is -1.30. The van der Waals surface area contributed by atoms with Crippen molar-refractivity contribution >= 4 is 12.0 Å². The maximum absolute atomic E-state index is 12.1. The summed E-state index contributed by atoms with van der Waals surface area (Å²) in [6.45, 7) is 8.03. The smallest absolute Gasteiger partial charge is 0.329 e. The lowest BCUT2D eigenvalue weighted by Crippen LogP contribution is -2.57. The zero-order chi connectivity index (χ0) is 14.6. The van der Waals surface area contributed by atoms with Crippen molar-refractivity contribution < 1.29 is 14.7 Å². The number of aliphatic carboxylic acids is 1. The highest BCUT2D eigenvalue weighted by Crippen LogP contribution is 2.14. The van der Waals surface area contributed by atoms with E-state index in [9.17, 15) is 9.59 Å². The van der Waals surface area contributed by atoms with Crippen molar-refractivity contribution in [3.63, 3.8) is 0 Å². The molecule has 2 amide bonds. The van der Waals surface area contributed by atoms with Gasteiger partial charge in [0.1, 0.15) is 5.54 Å². The number of amides is 2. The highest BCUT2D eigenvalue weighted by atomic mass is 16.4. The fraction of sp³-hybridized carbons (Fsp3) is 0.846. The van der Waals surface area contributed by atoms with Crippen LogP contribution in [0.25, 0.3) is 0 Å². The molecule has 0 radical (unpaired) electrons.